The summed E-state index contributed by atoms with van der Waals surface area (Å²) in [5.74, 6) is 0.699. The van der Waals surface area contributed by atoms with Gasteiger partial charge in [0.2, 0.25) is 0 Å². The van der Waals surface area contributed by atoms with Crippen LogP contribution >= 0.6 is 0 Å². The van der Waals surface area contributed by atoms with E-state index in [1.54, 1.807) is 0 Å². The molecule has 1 aliphatic rings. The maximum atomic E-state index is 9.82. The lowest BCUT2D eigenvalue weighted by Crippen LogP contribution is -2.43. The molecule has 0 aromatic carbocycles. The van der Waals surface area contributed by atoms with Crippen molar-refractivity contribution in [3.8, 4) is 0 Å². The number of nitrogens with zero attached hydrogens (tertiary/aromatic N) is 2. The molecular formula is C13H27N3O2. The van der Waals surface area contributed by atoms with E-state index in [-0.39, 0.29) is 17.4 Å². The van der Waals surface area contributed by atoms with E-state index in [2.05, 4.69) is 17.0 Å². The van der Waals surface area contributed by atoms with Crippen LogP contribution < -0.4 is 5.73 Å². The lowest BCUT2D eigenvalue weighted by atomic mass is 9.86. The van der Waals surface area contributed by atoms with Gasteiger partial charge in [0.25, 0.3) is 0 Å². The van der Waals surface area contributed by atoms with Crippen LogP contribution in [0.1, 0.15) is 40.0 Å². The minimum Gasteiger partial charge on any atom is -0.409 e. The molecule has 0 aliphatic carbocycles. The van der Waals surface area contributed by atoms with Crippen LogP contribution in [0.3, 0.4) is 0 Å². The smallest absolute Gasteiger partial charge is 0.144 e. The van der Waals surface area contributed by atoms with Crippen molar-refractivity contribution < 1.29 is 10.3 Å². The van der Waals surface area contributed by atoms with Gasteiger partial charge in [0.1, 0.15) is 5.84 Å². The SMILES string of the molecule is CC1CCN(CCCC(C)(C)C(N)=NO)CC1O. The zero-order valence-corrected chi connectivity index (χ0v) is 11.8. The quantitative estimate of drug-likeness (QED) is 0.299. The fourth-order valence-electron chi connectivity index (χ4n) is 2.33. The van der Waals surface area contributed by atoms with Crippen LogP contribution in [0.25, 0.3) is 0 Å². The van der Waals surface area contributed by atoms with E-state index in [0.717, 1.165) is 38.9 Å². The molecular weight excluding hydrogens is 230 g/mol. The Bertz CT molecular complexity index is 292. The number of rotatable bonds is 5. The van der Waals surface area contributed by atoms with Crippen molar-refractivity contribution in [1.82, 2.24) is 4.90 Å². The molecule has 0 aromatic heterocycles. The van der Waals surface area contributed by atoms with Crippen molar-refractivity contribution in [2.24, 2.45) is 22.2 Å². The fraction of sp³-hybridized carbons (Fsp3) is 0.923. The van der Waals surface area contributed by atoms with Gasteiger partial charge in [0.05, 0.1) is 6.10 Å². The molecule has 5 nitrogen and oxygen atoms in total. The van der Waals surface area contributed by atoms with E-state index < -0.39 is 0 Å². The Balaban J connectivity index is 2.30. The molecule has 0 amide bonds. The summed E-state index contributed by atoms with van der Waals surface area (Å²) in [4.78, 5) is 2.30. The first kappa shape index (κ1) is 15.2. The van der Waals surface area contributed by atoms with Gasteiger partial charge in [-0.2, -0.15) is 0 Å². The molecule has 1 fully saturated rings. The van der Waals surface area contributed by atoms with E-state index >= 15 is 0 Å². The van der Waals surface area contributed by atoms with Gasteiger partial charge in [-0.05, 0) is 38.3 Å². The first-order valence-corrected chi connectivity index (χ1v) is 6.75. The maximum Gasteiger partial charge on any atom is 0.144 e. The first-order valence-electron chi connectivity index (χ1n) is 6.75. The molecule has 4 N–H and O–H groups in total. The number of aliphatic hydroxyl groups is 1. The van der Waals surface area contributed by atoms with Crippen LogP contribution in [0.15, 0.2) is 5.16 Å². The maximum absolute atomic E-state index is 9.82. The van der Waals surface area contributed by atoms with Crippen LogP contribution in [0, 0.1) is 11.3 Å². The minimum absolute atomic E-state index is 0.198. The predicted molar refractivity (Wildman–Crippen MR) is 72.7 cm³/mol. The number of likely N-dealkylation sites (tertiary alicyclic amines) is 1. The van der Waals surface area contributed by atoms with Crippen LogP contribution in [0.2, 0.25) is 0 Å². The zero-order chi connectivity index (χ0) is 13.8. The van der Waals surface area contributed by atoms with E-state index in [9.17, 15) is 5.11 Å². The molecule has 0 saturated carbocycles. The second kappa shape index (κ2) is 6.38. The normalized spacial score (nSPS) is 27.4. The van der Waals surface area contributed by atoms with E-state index in [1.807, 2.05) is 13.8 Å². The van der Waals surface area contributed by atoms with Crippen LogP contribution in [0.5, 0.6) is 0 Å². The third-order valence-corrected chi connectivity index (χ3v) is 4.08. The van der Waals surface area contributed by atoms with Gasteiger partial charge in [-0.3, -0.25) is 0 Å². The number of piperidine rings is 1. The summed E-state index contributed by atoms with van der Waals surface area (Å²) in [5, 5.41) is 21.6. The molecule has 1 heterocycles. The molecule has 2 atom stereocenters. The van der Waals surface area contributed by atoms with Crippen LogP contribution in [0.4, 0.5) is 0 Å². The van der Waals surface area contributed by atoms with Gasteiger partial charge in [0, 0.05) is 12.0 Å². The van der Waals surface area contributed by atoms with Gasteiger partial charge in [-0.15, -0.1) is 0 Å². The van der Waals surface area contributed by atoms with Crippen LogP contribution in [-0.2, 0) is 0 Å². The highest BCUT2D eigenvalue weighted by Gasteiger charge is 2.26. The topological polar surface area (TPSA) is 82.1 Å². The minimum atomic E-state index is -0.267. The number of nitrogens with two attached hydrogens (primary N) is 1. The van der Waals surface area contributed by atoms with Crippen molar-refractivity contribution in [1.29, 1.82) is 0 Å². The number of hydrogen-bond acceptors (Lipinski definition) is 4. The van der Waals surface area contributed by atoms with Crippen molar-refractivity contribution in [2.75, 3.05) is 19.6 Å². The Labute approximate surface area is 110 Å². The Morgan fingerprint density at radius 3 is 2.72 bits per heavy atom. The van der Waals surface area contributed by atoms with Crippen molar-refractivity contribution >= 4 is 5.84 Å². The average molecular weight is 257 g/mol. The van der Waals surface area contributed by atoms with Gasteiger partial charge in [-0.1, -0.05) is 25.9 Å². The Morgan fingerprint density at radius 1 is 1.50 bits per heavy atom. The number of amidine groups is 1. The molecule has 0 bridgehead atoms. The highest BCUT2D eigenvalue weighted by molar-refractivity contribution is 5.85. The van der Waals surface area contributed by atoms with Crippen molar-refractivity contribution in [3.63, 3.8) is 0 Å². The first-order chi connectivity index (χ1) is 8.36. The number of aliphatic hydroxyl groups excluding tert-OH is 1. The van der Waals surface area contributed by atoms with Crippen molar-refractivity contribution in [3.05, 3.63) is 0 Å². The molecule has 2 unspecified atom stereocenters. The largest absolute Gasteiger partial charge is 0.409 e. The highest BCUT2D eigenvalue weighted by atomic mass is 16.4. The molecule has 0 aromatic rings. The molecule has 106 valence electrons. The lowest BCUT2D eigenvalue weighted by Gasteiger charge is -2.34. The monoisotopic (exact) mass is 257 g/mol. The standard InChI is InChI=1S/C13H27N3O2/c1-10-5-8-16(9-11(10)17)7-4-6-13(2,3)12(14)15-18/h10-11,17-18H,4-9H2,1-3H3,(H2,14,15). The number of oxime groups is 1. The predicted octanol–water partition coefficient (Wildman–Crippen LogP) is 1.24. The van der Waals surface area contributed by atoms with Gasteiger partial charge < -0.3 is 20.9 Å². The zero-order valence-electron chi connectivity index (χ0n) is 11.8. The fourth-order valence-corrected chi connectivity index (χ4v) is 2.33. The average Bonchev–Trinajstić information content (AvgIpc) is 2.32. The second-order valence-electron chi connectivity index (χ2n) is 6.11. The summed E-state index contributed by atoms with van der Waals surface area (Å²) in [5.41, 5.74) is 5.39. The second-order valence-corrected chi connectivity index (χ2v) is 6.11. The molecule has 18 heavy (non-hydrogen) atoms. The third-order valence-electron chi connectivity index (χ3n) is 4.08. The van der Waals surface area contributed by atoms with Crippen molar-refractivity contribution in [2.45, 2.75) is 46.1 Å². The van der Waals surface area contributed by atoms with Gasteiger partial charge >= 0.3 is 0 Å². The number of β-amino-alcohol motifs (C(OH)–C–C–N with tert-alkyl or cyclic N) is 1. The molecule has 0 spiro atoms. The lowest BCUT2D eigenvalue weighted by molar-refractivity contribution is 0.0281. The summed E-state index contributed by atoms with van der Waals surface area (Å²) in [6, 6.07) is 0. The summed E-state index contributed by atoms with van der Waals surface area (Å²) >= 11 is 0. The highest BCUT2D eigenvalue weighted by Crippen LogP contribution is 2.23. The third kappa shape index (κ3) is 4.14. The van der Waals surface area contributed by atoms with E-state index in [4.69, 9.17) is 10.9 Å². The molecule has 1 aliphatic heterocycles. The Hall–Kier alpha value is -0.810. The van der Waals surface area contributed by atoms with E-state index in [0.29, 0.717) is 5.92 Å². The van der Waals surface area contributed by atoms with E-state index in [1.165, 1.54) is 0 Å². The molecule has 5 heteroatoms. The molecule has 1 rings (SSSR count). The molecule has 1 saturated heterocycles. The Kier molecular flexibility index (Phi) is 5.41. The summed E-state index contributed by atoms with van der Waals surface area (Å²) in [6.07, 6.45) is 2.73. The van der Waals surface area contributed by atoms with Crippen LogP contribution in [-0.4, -0.2) is 46.8 Å². The summed E-state index contributed by atoms with van der Waals surface area (Å²) in [6.45, 7) is 8.85. The summed E-state index contributed by atoms with van der Waals surface area (Å²) < 4.78 is 0. The molecule has 0 radical (unpaired) electrons. The van der Waals surface area contributed by atoms with Gasteiger partial charge in [0.15, 0.2) is 0 Å². The van der Waals surface area contributed by atoms with Gasteiger partial charge in [-0.25, -0.2) is 0 Å². The summed E-state index contributed by atoms with van der Waals surface area (Å²) in [7, 11) is 0. The number of hydrogen-bond donors (Lipinski definition) is 3. The Morgan fingerprint density at radius 2 is 2.17 bits per heavy atom.